The maximum atomic E-state index is 12.4. The molecule has 2 aromatic rings. The summed E-state index contributed by atoms with van der Waals surface area (Å²) in [6.07, 6.45) is 0.129. The van der Waals surface area contributed by atoms with Crippen LogP contribution in [0.2, 0.25) is 0 Å². The number of ether oxygens (including phenoxy) is 3. The molecule has 0 aliphatic rings. The number of hydrogen-bond acceptors (Lipinski definition) is 6. The number of carbonyl (C=O) groups excluding carboxylic acids is 1. The van der Waals surface area contributed by atoms with Crippen molar-refractivity contribution in [1.29, 1.82) is 0 Å². The number of nitrogens with zero attached hydrogens (tertiary/aromatic N) is 1. The molecule has 2 aromatic carbocycles. The first kappa shape index (κ1) is 21.0. The molecule has 0 aliphatic heterocycles. The first-order valence-corrected chi connectivity index (χ1v) is 8.88. The van der Waals surface area contributed by atoms with E-state index in [1.54, 1.807) is 18.2 Å². The van der Waals surface area contributed by atoms with Crippen molar-refractivity contribution in [3.8, 4) is 17.2 Å². The second kappa shape index (κ2) is 10.1. The maximum Gasteiger partial charge on any atom is 0.276 e. The van der Waals surface area contributed by atoms with Gasteiger partial charge in [-0.2, -0.15) is 0 Å². The summed E-state index contributed by atoms with van der Waals surface area (Å²) in [7, 11) is 2.88. The maximum absolute atomic E-state index is 12.4. The van der Waals surface area contributed by atoms with Gasteiger partial charge in [-0.15, -0.1) is 0 Å². The van der Waals surface area contributed by atoms with E-state index in [0.717, 1.165) is 0 Å². The van der Waals surface area contributed by atoms with E-state index < -0.39 is 11.0 Å². The van der Waals surface area contributed by atoms with Crippen molar-refractivity contribution in [3.63, 3.8) is 0 Å². The highest BCUT2D eigenvalue weighted by atomic mass is 16.6. The first-order valence-electron chi connectivity index (χ1n) is 8.88. The molecule has 0 unspecified atom stereocenters. The van der Waals surface area contributed by atoms with E-state index in [0.29, 0.717) is 23.5 Å². The van der Waals surface area contributed by atoms with Gasteiger partial charge in [-0.3, -0.25) is 14.9 Å². The van der Waals surface area contributed by atoms with E-state index in [1.807, 2.05) is 25.1 Å². The van der Waals surface area contributed by atoms with E-state index in [-0.39, 0.29) is 30.3 Å². The van der Waals surface area contributed by atoms with Crippen LogP contribution in [-0.4, -0.2) is 37.7 Å². The Labute approximate surface area is 163 Å². The van der Waals surface area contributed by atoms with Crippen LogP contribution >= 0.6 is 0 Å². The van der Waals surface area contributed by atoms with Gasteiger partial charge in [-0.1, -0.05) is 25.1 Å². The Morgan fingerprint density at radius 3 is 2.36 bits per heavy atom. The highest BCUT2D eigenvalue weighted by molar-refractivity contribution is 5.81. The molecule has 1 amide bonds. The predicted molar refractivity (Wildman–Crippen MR) is 104 cm³/mol. The van der Waals surface area contributed by atoms with E-state index in [4.69, 9.17) is 14.2 Å². The Kier molecular flexibility index (Phi) is 7.62. The minimum absolute atomic E-state index is 0.0838. The molecule has 0 saturated carbocycles. The van der Waals surface area contributed by atoms with Gasteiger partial charge in [-0.25, -0.2) is 0 Å². The van der Waals surface area contributed by atoms with Gasteiger partial charge in [0, 0.05) is 12.1 Å². The summed E-state index contributed by atoms with van der Waals surface area (Å²) in [6, 6.07) is 12.0. The fraction of sp³-hybridized carbons (Fsp3) is 0.350. The monoisotopic (exact) mass is 388 g/mol. The lowest BCUT2D eigenvalue weighted by atomic mass is 10.1. The molecule has 0 radical (unpaired) electrons. The van der Waals surface area contributed by atoms with Crippen molar-refractivity contribution in [2.24, 2.45) is 0 Å². The average Bonchev–Trinajstić information content (AvgIpc) is 2.71. The number of benzene rings is 2. The number of para-hydroxylation sites is 1. The van der Waals surface area contributed by atoms with Crippen LogP contribution in [0.4, 0.5) is 5.69 Å². The van der Waals surface area contributed by atoms with Gasteiger partial charge in [0.2, 0.25) is 0 Å². The summed E-state index contributed by atoms with van der Waals surface area (Å²) in [5.41, 5.74) is 0.361. The summed E-state index contributed by atoms with van der Waals surface area (Å²) in [4.78, 5) is 23.3. The number of carbonyl (C=O) groups is 1. The van der Waals surface area contributed by atoms with Crippen LogP contribution in [0.25, 0.3) is 0 Å². The van der Waals surface area contributed by atoms with Gasteiger partial charge >= 0.3 is 0 Å². The van der Waals surface area contributed by atoms with Gasteiger partial charge < -0.3 is 19.5 Å². The lowest BCUT2D eigenvalue weighted by Gasteiger charge is -2.17. The van der Waals surface area contributed by atoms with Crippen molar-refractivity contribution in [1.82, 2.24) is 5.32 Å². The normalized spacial score (nSPS) is 11.4. The van der Waals surface area contributed by atoms with Crippen LogP contribution in [0.3, 0.4) is 0 Å². The number of nitro groups is 1. The number of amides is 1. The van der Waals surface area contributed by atoms with Gasteiger partial charge in [-0.05, 0) is 31.0 Å². The lowest BCUT2D eigenvalue weighted by molar-refractivity contribution is -0.385. The minimum Gasteiger partial charge on any atom is -0.493 e. The first-order chi connectivity index (χ1) is 13.5. The number of rotatable bonds is 10. The Bertz CT molecular complexity index is 810. The SMILES string of the molecule is CC[C@@H](Oc1ccccc1)C(=O)NCCc1cc(OC)c(OC)cc1[N+](=O)[O-]. The lowest BCUT2D eigenvalue weighted by Crippen LogP contribution is -2.39. The molecular formula is C20H24N2O6. The molecule has 0 spiro atoms. The molecular weight excluding hydrogens is 364 g/mol. The minimum atomic E-state index is -0.636. The zero-order valence-corrected chi connectivity index (χ0v) is 16.1. The summed E-state index contributed by atoms with van der Waals surface area (Å²) in [6.45, 7) is 2.08. The van der Waals surface area contributed by atoms with Crippen molar-refractivity contribution >= 4 is 11.6 Å². The molecule has 8 nitrogen and oxygen atoms in total. The van der Waals surface area contributed by atoms with E-state index >= 15 is 0 Å². The molecule has 28 heavy (non-hydrogen) atoms. The Morgan fingerprint density at radius 2 is 1.79 bits per heavy atom. The van der Waals surface area contributed by atoms with Gasteiger partial charge in [0.15, 0.2) is 17.6 Å². The van der Waals surface area contributed by atoms with Gasteiger partial charge in [0.25, 0.3) is 11.6 Å². The van der Waals surface area contributed by atoms with Crippen LogP contribution < -0.4 is 19.5 Å². The quantitative estimate of drug-likeness (QED) is 0.496. The molecule has 0 saturated heterocycles. The third-order valence-electron chi connectivity index (χ3n) is 4.16. The third kappa shape index (κ3) is 5.35. The smallest absolute Gasteiger partial charge is 0.276 e. The second-order valence-corrected chi connectivity index (χ2v) is 5.96. The van der Waals surface area contributed by atoms with Crippen LogP contribution in [0.1, 0.15) is 18.9 Å². The van der Waals surface area contributed by atoms with Gasteiger partial charge in [0.05, 0.1) is 25.2 Å². The molecule has 0 bridgehead atoms. The highest BCUT2D eigenvalue weighted by Gasteiger charge is 2.21. The number of nitrogens with one attached hydrogen (secondary N) is 1. The van der Waals surface area contributed by atoms with Crippen molar-refractivity contribution in [2.75, 3.05) is 20.8 Å². The summed E-state index contributed by atoms with van der Waals surface area (Å²) >= 11 is 0. The topological polar surface area (TPSA) is 99.9 Å². The third-order valence-corrected chi connectivity index (χ3v) is 4.16. The summed E-state index contributed by atoms with van der Waals surface area (Å²) in [5, 5.41) is 14.1. The Morgan fingerprint density at radius 1 is 1.14 bits per heavy atom. The van der Waals surface area contributed by atoms with Crippen molar-refractivity contribution in [3.05, 3.63) is 58.1 Å². The van der Waals surface area contributed by atoms with Crippen LogP contribution in [0.15, 0.2) is 42.5 Å². The van der Waals surface area contributed by atoms with E-state index in [2.05, 4.69) is 5.32 Å². The largest absolute Gasteiger partial charge is 0.493 e. The number of methoxy groups -OCH3 is 2. The molecule has 2 rings (SSSR count). The predicted octanol–water partition coefficient (Wildman–Crippen LogP) is 3.13. The van der Waals surface area contributed by atoms with Crippen molar-refractivity contribution < 1.29 is 23.9 Å². The molecule has 0 aromatic heterocycles. The molecule has 0 aliphatic carbocycles. The van der Waals surface area contributed by atoms with Crippen molar-refractivity contribution in [2.45, 2.75) is 25.9 Å². The molecule has 150 valence electrons. The summed E-state index contributed by atoms with van der Waals surface area (Å²) in [5.74, 6) is 1.02. The highest BCUT2D eigenvalue weighted by Crippen LogP contribution is 2.34. The molecule has 8 heteroatoms. The fourth-order valence-electron chi connectivity index (χ4n) is 2.70. The average molecular weight is 388 g/mol. The Balaban J connectivity index is 2.03. The molecule has 0 heterocycles. The van der Waals surface area contributed by atoms with E-state index in [9.17, 15) is 14.9 Å². The fourth-order valence-corrected chi connectivity index (χ4v) is 2.70. The molecule has 0 fully saturated rings. The van der Waals surface area contributed by atoms with E-state index in [1.165, 1.54) is 20.3 Å². The van der Waals surface area contributed by atoms with Crippen LogP contribution in [0.5, 0.6) is 17.2 Å². The second-order valence-electron chi connectivity index (χ2n) is 5.96. The molecule has 1 atom stereocenters. The molecule has 1 N–H and O–H groups in total. The number of hydrogen-bond donors (Lipinski definition) is 1. The number of nitro benzene ring substituents is 1. The standard InChI is InChI=1S/C20H24N2O6/c1-4-17(28-15-8-6-5-7-9-15)20(23)21-11-10-14-12-18(26-2)19(27-3)13-16(14)22(24)25/h5-9,12-13,17H,4,10-11H2,1-3H3,(H,21,23)/t17-/m1/s1. The van der Waals surface area contributed by atoms with Gasteiger partial charge in [0.1, 0.15) is 5.75 Å². The summed E-state index contributed by atoms with van der Waals surface area (Å²) < 4.78 is 16.0. The van der Waals surface area contributed by atoms with Crippen LogP contribution in [0, 0.1) is 10.1 Å². The Hall–Kier alpha value is -3.29. The zero-order chi connectivity index (χ0) is 20.5. The van der Waals surface area contributed by atoms with Crippen LogP contribution in [-0.2, 0) is 11.2 Å². The zero-order valence-electron chi connectivity index (χ0n) is 16.1.